The van der Waals surface area contributed by atoms with Gasteiger partial charge in [-0.3, -0.25) is 4.79 Å². The summed E-state index contributed by atoms with van der Waals surface area (Å²) in [6, 6.07) is 13.9. The van der Waals surface area contributed by atoms with E-state index < -0.39 is 10.0 Å². The molecule has 1 aliphatic rings. The van der Waals surface area contributed by atoms with Crippen molar-refractivity contribution in [3.8, 4) is 11.5 Å². The van der Waals surface area contributed by atoms with E-state index in [2.05, 4.69) is 5.32 Å². The number of piperidine rings is 1. The summed E-state index contributed by atoms with van der Waals surface area (Å²) in [6.07, 6.45) is 1.32. The molecule has 2 aromatic carbocycles. The number of benzene rings is 2. The molecule has 1 fully saturated rings. The maximum atomic E-state index is 12.9. The smallest absolute Gasteiger partial charge is 0.243 e. The zero-order valence-corrected chi connectivity index (χ0v) is 18.2. The number of hydrogen-bond donors (Lipinski definition) is 1. The topological polar surface area (TPSA) is 84.9 Å². The molecule has 1 aliphatic heterocycles. The van der Waals surface area contributed by atoms with Gasteiger partial charge in [0, 0.05) is 19.6 Å². The molecule has 1 atom stereocenters. The second-order valence-corrected chi connectivity index (χ2v) is 9.09. The van der Waals surface area contributed by atoms with Crippen LogP contribution in [0.25, 0.3) is 0 Å². The van der Waals surface area contributed by atoms with Crippen molar-refractivity contribution in [3.05, 3.63) is 54.1 Å². The fraction of sp³-hybridized carbons (Fsp3) is 0.409. The molecule has 0 radical (unpaired) electrons. The standard InChI is InChI=1S/C22H28N2O5S/c1-3-29-21-14-17(11-12-20(21)28-2)15-23-22(25)18-8-7-13-24(16-18)30(26,27)19-9-5-4-6-10-19/h4-6,9-12,14,18H,3,7-8,13,15-16H2,1-2H3,(H,23,25)/t18-/m0/s1. The molecule has 1 amide bonds. The fourth-order valence-electron chi connectivity index (χ4n) is 3.55. The molecule has 1 N–H and O–H groups in total. The second kappa shape index (κ2) is 9.95. The van der Waals surface area contributed by atoms with Crippen molar-refractivity contribution in [1.29, 1.82) is 0 Å². The van der Waals surface area contributed by atoms with Gasteiger partial charge in [0.1, 0.15) is 0 Å². The lowest BCUT2D eigenvalue weighted by molar-refractivity contribution is -0.126. The summed E-state index contributed by atoms with van der Waals surface area (Å²) in [5.74, 6) is 0.754. The Morgan fingerprint density at radius 1 is 1.17 bits per heavy atom. The van der Waals surface area contributed by atoms with Gasteiger partial charge in [0.25, 0.3) is 0 Å². The van der Waals surface area contributed by atoms with E-state index in [0.29, 0.717) is 44.0 Å². The molecular formula is C22H28N2O5S. The van der Waals surface area contributed by atoms with Crippen molar-refractivity contribution in [2.45, 2.75) is 31.2 Å². The predicted octanol–water partition coefficient (Wildman–Crippen LogP) is 2.81. The van der Waals surface area contributed by atoms with Crippen LogP contribution in [0.1, 0.15) is 25.3 Å². The molecule has 8 heteroatoms. The van der Waals surface area contributed by atoms with Crippen LogP contribution in [-0.4, -0.2) is 45.4 Å². The van der Waals surface area contributed by atoms with Crippen LogP contribution in [0, 0.1) is 5.92 Å². The molecule has 162 valence electrons. The highest BCUT2D eigenvalue weighted by molar-refractivity contribution is 7.89. The van der Waals surface area contributed by atoms with Crippen molar-refractivity contribution in [2.75, 3.05) is 26.8 Å². The van der Waals surface area contributed by atoms with Crippen molar-refractivity contribution < 1.29 is 22.7 Å². The Kier molecular flexibility index (Phi) is 7.33. The average Bonchev–Trinajstić information content (AvgIpc) is 2.78. The largest absolute Gasteiger partial charge is 0.493 e. The number of ether oxygens (including phenoxy) is 2. The molecule has 0 bridgehead atoms. The quantitative estimate of drug-likeness (QED) is 0.693. The van der Waals surface area contributed by atoms with E-state index in [9.17, 15) is 13.2 Å². The number of rotatable bonds is 8. The zero-order valence-electron chi connectivity index (χ0n) is 17.3. The highest BCUT2D eigenvalue weighted by Crippen LogP contribution is 2.28. The molecule has 0 aromatic heterocycles. The van der Waals surface area contributed by atoms with Crippen molar-refractivity contribution in [3.63, 3.8) is 0 Å². The van der Waals surface area contributed by atoms with Crippen LogP contribution < -0.4 is 14.8 Å². The van der Waals surface area contributed by atoms with Gasteiger partial charge in [0.15, 0.2) is 11.5 Å². The van der Waals surface area contributed by atoms with Crippen molar-refractivity contribution in [1.82, 2.24) is 9.62 Å². The number of sulfonamides is 1. The number of nitrogens with one attached hydrogen (secondary N) is 1. The van der Waals surface area contributed by atoms with Gasteiger partial charge >= 0.3 is 0 Å². The Morgan fingerprint density at radius 3 is 2.63 bits per heavy atom. The van der Waals surface area contributed by atoms with E-state index >= 15 is 0 Å². The number of hydrogen-bond acceptors (Lipinski definition) is 5. The Bertz CT molecular complexity index is 963. The van der Waals surface area contributed by atoms with Crippen molar-refractivity contribution in [2.24, 2.45) is 5.92 Å². The first-order valence-corrected chi connectivity index (χ1v) is 11.5. The van der Waals surface area contributed by atoms with Gasteiger partial charge in [-0.1, -0.05) is 24.3 Å². The molecule has 0 unspecified atom stereocenters. The first kappa shape index (κ1) is 22.1. The maximum absolute atomic E-state index is 12.9. The normalized spacial score (nSPS) is 17.3. The molecule has 1 saturated heterocycles. The summed E-state index contributed by atoms with van der Waals surface area (Å²) < 4.78 is 38.0. The van der Waals surface area contributed by atoms with Gasteiger partial charge in [-0.2, -0.15) is 4.31 Å². The fourth-order valence-corrected chi connectivity index (χ4v) is 5.09. The molecule has 30 heavy (non-hydrogen) atoms. The number of methoxy groups -OCH3 is 1. The third kappa shape index (κ3) is 5.12. The predicted molar refractivity (Wildman–Crippen MR) is 114 cm³/mol. The van der Waals surface area contributed by atoms with Gasteiger partial charge in [-0.05, 0) is 49.6 Å². The van der Waals surface area contributed by atoms with E-state index in [1.54, 1.807) is 43.5 Å². The van der Waals surface area contributed by atoms with Gasteiger partial charge in [-0.15, -0.1) is 0 Å². The van der Waals surface area contributed by atoms with Crippen LogP contribution >= 0.6 is 0 Å². The van der Waals surface area contributed by atoms with Gasteiger partial charge in [0.05, 0.1) is 24.5 Å². The monoisotopic (exact) mass is 432 g/mol. The van der Waals surface area contributed by atoms with Crippen molar-refractivity contribution >= 4 is 15.9 Å². The maximum Gasteiger partial charge on any atom is 0.243 e. The van der Waals surface area contributed by atoms with E-state index in [-0.39, 0.29) is 23.3 Å². The Morgan fingerprint density at radius 2 is 1.93 bits per heavy atom. The first-order chi connectivity index (χ1) is 14.5. The number of amides is 1. The molecule has 0 spiro atoms. The highest BCUT2D eigenvalue weighted by atomic mass is 32.2. The first-order valence-electron chi connectivity index (χ1n) is 10.1. The molecule has 2 aromatic rings. The van der Waals surface area contributed by atoms with E-state index in [1.165, 1.54) is 4.31 Å². The zero-order chi connectivity index (χ0) is 21.6. The minimum atomic E-state index is -3.59. The minimum absolute atomic E-state index is 0.142. The van der Waals surface area contributed by atoms with Crippen LogP contribution in [0.15, 0.2) is 53.4 Å². The summed E-state index contributed by atoms with van der Waals surface area (Å²) in [4.78, 5) is 13.0. The number of nitrogens with zero attached hydrogens (tertiary/aromatic N) is 1. The minimum Gasteiger partial charge on any atom is -0.493 e. The van der Waals surface area contributed by atoms with Crippen LogP contribution in [0.3, 0.4) is 0 Å². The molecule has 7 nitrogen and oxygen atoms in total. The summed E-state index contributed by atoms with van der Waals surface area (Å²) in [7, 11) is -2.01. The third-order valence-corrected chi connectivity index (χ3v) is 7.01. The number of carbonyl (C=O) groups excluding carboxylic acids is 1. The molecule has 0 aliphatic carbocycles. The number of carbonyl (C=O) groups is 1. The SMILES string of the molecule is CCOc1cc(CNC(=O)[C@H]2CCCN(S(=O)(=O)c3ccccc3)C2)ccc1OC. The third-order valence-electron chi connectivity index (χ3n) is 5.13. The molecule has 0 saturated carbocycles. The average molecular weight is 433 g/mol. The van der Waals surface area contributed by atoms with E-state index in [1.807, 2.05) is 19.1 Å². The molecular weight excluding hydrogens is 404 g/mol. The van der Waals surface area contributed by atoms with Crippen LogP contribution in [-0.2, 0) is 21.4 Å². The van der Waals surface area contributed by atoms with Gasteiger partial charge < -0.3 is 14.8 Å². The van der Waals surface area contributed by atoms with Crippen LogP contribution in [0.2, 0.25) is 0 Å². The highest BCUT2D eigenvalue weighted by Gasteiger charge is 2.33. The van der Waals surface area contributed by atoms with Gasteiger partial charge in [-0.25, -0.2) is 8.42 Å². The van der Waals surface area contributed by atoms with Crippen LogP contribution in [0.5, 0.6) is 11.5 Å². The lowest BCUT2D eigenvalue weighted by atomic mass is 9.98. The Balaban J connectivity index is 1.63. The van der Waals surface area contributed by atoms with E-state index in [0.717, 1.165) is 5.56 Å². The van der Waals surface area contributed by atoms with Crippen LogP contribution in [0.4, 0.5) is 0 Å². The Hall–Kier alpha value is -2.58. The van der Waals surface area contributed by atoms with E-state index in [4.69, 9.17) is 9.47 Å². The summed E-state index contributed by atoms with van der Waals surface area (Å²) in [6.45, 7) is 3.37. The summed E-state index contributed by atoms with van der Waals surface area (Å²) in [5.41, 5.74) is 0.886. The molecule has 3 rings (SSSR count). The lowest BCUT2D eigenvalue weighted by Gasteiger charge is -2.31. The molecule has 1 heterocycles. The summed E-state index contributed by atoms with van der Waals surface area (Å²) in [5, 5.41) is 2.93. The van der Waals surface area contributed by atoms with Gasteiger partial charge in [0.2, 0.25) is 15.9 Å². The summed E-state index contributed by atoms with van der Waals surface area (Å²) >= 11 is 0. The lowest BCUT2D eigenvalue weighted by Crippen LogP contribution is -2.45. The Labute approximate surface area is 178 Å². The second-order valence-electron chi connectivity index (χ2n) is 7.15.